The molecule has 5 heteroatoms. The van der Waals surface area contributed by atoms with E-state index in [1.807, 2.05) is 25.1 Å². The van der Waals surface area contributed by atoms with Crippen LogP contribution in [-0.4, -0.2) is 21.5 Å². The van der Waals surface area contributed by atoms with E-state index in [1.165, 1.54) is 0 Å². The van der Waals surface area contributed by atoms with Crippen molar-refractivity contribution in [1.29, 1.82) is 0 Å². The van der Waals surface area contributed by atoms with E-state index in [4.69, 9.17) is 0 Å². The maximum Gasteiger partial charge on any atom is 0.130 e. The first-order chi connectivity index (χ1) is 8.78. The van der Waals surface area contributed by atoms with Crippen molar-refractivity contribution in [2.75, 3.05) is 11.9 Å². The Hall–Kier alpha value is -1.62. The smallest absolute Gasteiger partial charge is 0.130 e. The van der Waals surface area contributed by atoms with Crippen LogP contribution in [0.3, 0.4) is 0 Å². The molecule has 2 heterocycles. The molecule has 0 radical (unpaired) electrons. The number of nitrogens with zero attached hydrogens (tertiary/aromatic N) is 3. The molecule has 0 atom stereocenters. The Morgan fingerprint density at radius 2 is 2.00 bits per heavy atom. The summed E-state index contributed by atoms with van der Waals surface area (Å²) in [5.41, 5.74) is 0. The quantitative estimate of drug-likeness (QED) is 0.837. The minimum absolute atomic E-state index is 0.785. The molecule has 0 amide bonds. The summed E-state index contributed by atoms with van der Waals surface area (Å²) in [6, 6.07) is 5.93. The Morgan fingerprint density at radius 1 is 1.22 bits per heavy atom. The highest BCUT2D eigenvalue weighted by atomic mass is 32.2. The lowest BCUT2D eigenvalue weighted by Crippen LogP contribution is -2.04. The number of pyridine rings is 1. The standard InChI is InChI=1S/C13H16N4S/c1-3-6-15-12-9-13(17-10(2)16-12)18-11-4-7-14-8-5-11/h4-5,7-9H,3,6H2,1-2H3,(H,15,16,17). The van der Waals surface area contributed by atoms with Gasteiger partial charge in [-0.1, -0.05) is 18.7 Å². The third-order valence-corrected chi connectivity index (χ3v) is 3.17. The molecule has 94 valence electrons. The fraction of sp³-hybridized carbons (Fsp3) is 0.308. The van der Waals surface area contributed by atoms with E-state index in [-0.39, 0.29) is 0 Å². The van der Waals surface area contributed by atoms with Gasteiger partial charge in [0.05, 0.1) is 0 Å². The first kappa shape index (κ1) is 12.8. The van der Waals surface area contributed by atoms with Crippen molar-refractivity contribution < 1.29 is 0 Å². The van der Waals surface area contributed by atoms with E-state index < -0.39 is 0 Å². The zero-order valence-electron chi connectivity index (χ0n) is 10.6. The van der Waals surface area contributed by atoms with Gasteiger partial charge in [0, 0.05) is 29.9 Å². The van der Waals surface area contributed by atoms with Gasteiger partial charge < -0.3 is 5.32 Å². The topological polar surface area (TPSA) is 50.7 Å². The van der Waals surface area contributed by atoms with Gasteiger partial charge in [-0.05, 0) is 25.5 Å². The number of aromatic nitrogens is 3. The average Bonchev–Trinajstić information content (AvgIpc) is 2.37. The summed E-state index contributed by atoms with van der Waals surface area (Å²) in [6.45, 7) is 4.97. The van der Waals surface area contributed by atoms with Crippen LogP contribution in [0.25, 0.3) is 0 Å². The second-order valence-electron chi connectivity index (χ2n) is 3.85. The lowest BCUT2D eigenvalue weighted by Gasteiger charge is -2.07. The minimum Gasteiger partial charge on any atom is -0.370 e. The molecule has 0 bridgehead atoms. The molecule has 0 saturated heterocycles. The molecule has 0 saturated carbocycles. The first-order valence-electron chi connectivity index (χ1n) is 5.95. The summed E-state index contributed by atoms with van der Waals surface area (Å²) in [5.74, 6) is 1.67. The van der Waals surface area contributed by atoms with Crippen molar-refractivity contribution in [3.05, 3.63) is 36.4 Å². The van der Waals surface area contributed by atoms with Gasteiger partial charge in [-0.15, -0.1) is 0 Å². The highest BCUT2D eigenvalue weighted by Gasteiger charge is 2.03. The van der Waals surface area contributed by atoms with Crippen LogP contribution in [0.15, 0.2) is 40.5 Å². The van der Waals surface area contributed by atoms with Crippen LogP contribution in [-0.2, 0) is 0 Å². The van der Waals surface area contributed by atoms with Crippen LogP contribution >= 0.6 is 11.8 Å². The molecular weight excluding hydrogens is 244 g/mol. The molecule has 2 aromatic rings. The molecule has 2 rings (SSSR count). The van der Waals surface area contributed by atoms with E-state index >= 15 is 0 Å². The summed E-state index contributed by atoms with van der Waals surface area (Å²) in [5, 5.41) is 4.24. The lowest BCUT2D eigenvalue weighted by atomic mass is 10.4. The van der Waals surface area contributed by atoms with E-state index in [1.54, 1.807) is 24.2 Å². The Labute approximate surface area is 111 Å². The summed E-state index contributed by atoms with van der Waals surface area (Å²) in [4.78, 5) is 13.9. The highest BCUT2D eigenvalue weighted by molar-refractivity contribution is 7.99. The van der Waals surface area contributed by atoms with Gasteiger partial charge in [-0.25, -0.2) is 9.97 Å². The number of nitrogens with one attached hydrogen (secondary N) is 1. The Morgan fingerprint density at radius 3 is 2.72 bits per heavy atom. The van der Waals surface area contributed by atoms with Gasteiger partial charge in [0.25, 0.3) is 0 Å². The maximum absolute atomic E-state index is 4.43. The van der Waals surface area contributed by atoms with Crippen molar-refractivity contribution in [2.24, 2.45) is 0 Å². The molecule has 0 aromatic carbocycles. The molecule has 0 unspecified atom stereocenters. The van der Waals surface area contributed by atoms with Gasteiger partial charge >= 0.3 is 0 Å². The Bertz CT molecular complexity index is 502. The van der Waals surface area contributed by atoms with Crippen LogP contribution in [0.2, 0.25) is 0 Å². The van der Waals surface area contributed by atoms with Crippen molar-refractivity contribution in [3.63, 3.8) is 0 Å². The second kappa shape index (κ2) is 6.35. The summed E-state index contributed by atoms with van der Waals surface area (Å²) in [6.07, 6.45) is 4.65. The fourth-order valence-electron chi connectivity index (χ4n) is 1.46. The Kier molecular flexibility index (Phi) is 4.52. The molecule has 18 heavy (non-hydrogen) atoms. The molecule has 2 aromatic heterocycles. The molecule has 0 fully saturated rings. The van der Waals surface area contributed by atoms with E-state index in [2.05, 4.69) is 27.2 Å². The molecule has 0 aliphatic heterocycles. The molecule has 0 aliphatic carbocycles. The maximum atomic E-state index is 4.43. The van der Waals surface area contributed by atoms with Crippen LogP contribution in [0, 0.1) is 6.92 Å². The lowest BCUT2D eigenvalue weighted by molar-refractivity contribution is 0.928. The molecule has 4 nitrogen and oxygen atoms in total. The van der Waals surface area contributed by atoms with Gasteiger partial charge in [-0.2, -0.15) is 0 Å². The van der Waals surface area contributed by atoms with E-state index in [9.17, 15) is 0 Å². The SMILES string of the molecule is CCCNc1cc(Sc2ccncc2)nc(C)n1. The van der Waals surface area contributed by atoms with E-state index in [0.717, 1.165) is 34.5 Å². The molecular formula is C13H16N4S. The predicted octanol–water partition coefficient (Wildman–Crippen LogP) is 3.15. The van der Waals surface area contributed by atoms with Crippen LogP contribution in [0.1, 0.15) is 19.2 Å². The first-order valence-corrected chi connectivity index (χ1v) is 6.77. The zero-order chi connectivity index (χ0) is 12.8. The largest absolute Gasteiger partial charge is 0.370 e. The van der Waals surface area contributed by atoms with Crippen molar-refractivity contribution in [2.45, 2.75) is 30.2 Å². The summed E-state index contributed by atoms with van der Waals surface area (Å²) >= 11 is 1.62. The normalized spacial score (nSPS) is 10.3. The second-order valence-corrected chi connectivity index (χ2v) is 4.94. The number of anilines is 1. The average molecular weight is 260 g/mol. The van der Waals surface area contributed by atoms with Crippen molar-refractivity contribution in [3.8, 4) is 0 Å². The molecule has 0 aliphatic rings. The van der Waals surface area contributed by atoms with Gasteiger partial charge in [0.2, 0.25) is 0 Å². The van der Waals surface area contributed by atoms with Crippen molar-refractivity contribution in [1.82, 2.24) is 15.0 Å². The molecule has 1 N–H and O–H groups in total. The van der Waals surface area contributed by atoms with Crippen LogP contribution in [0.4, 0.5) is 5.82 Å². The number of hydrogen-bond donors (Lipinski definition) is 1. The number of aryl methyl sites for hydroxylation is 1. The third kappa shape index (κ3) is 3.70. The van der Waals surface area contributed by atoms with Gasteiger partial charge in [-0.3, -0.25) is 4.98 Å². The number of rotatable bonds is 5. The zero-order valence-corrected chi connectivity index (χ0v) is 11.4. The number of hydrogen-bond acceptors (Lipinski definition) is 5. The fourth-order valence-corrected chi connectivity index (χ4v) is 2.31. The Balaban J connectivity index is 2.15. The summed E-state index contributed by atoms with van der Waals surface area (Å²) in [7, 11) is 0. The highest BCUT2D eigenvalue weighted by Crippen LogP contribution is 2.26. The summed E-state index contributed by atoms with van der Waals surface area (Å²) < 4.78 is 0. The monoisotopic (exact) mass is 260 g/mol. The minimum atomic E-state index is 0.785. The van der Waals surface area contributed by atoms with Crippen LogP contribution in [0.5, 0.6) is 0 Å². The third-order valence-electron chi connectivity index (χ3n) is 2.24. The van der Waals surface area contributed by atoms with Crippen molar-refractivity contribution >= 4 is 17.6 Å². The molecule has 0 spiro atoms. The predicted molar refractivity (Wildman–Crippen MR) is 73.9 cm³/mol. The van der Waals surface area contributed by atoms with Gasteiger partial charge in [0.1, 0.15) is 16.7 Å². The van der Waals surface area contributed by atoms with E-state index in [0.29, 0.717) is 0 Å². The van der Waals surface area contributed by atoms with Crippen LogP contribution < -0.4 is 5.32 Å². The van der Waals surface area contributed by atoms with Gasteiger partial charge in [0.15, 0.2) is 0 Å².